The molecule has 0 saturated heterocycles. The zero-order chi connectivity index (χ0) is 16.0. The minimum absolute atomic E-state index is 0.0513. The van der Waals surface area contributed by atoms with Crippen LogP contribution in [0.25, 0.3) is 0 Å². The number of hydrogen-bond donors (Lipinski definition) is 1. The van der Waals surface area contributed by atoms with Crippen molar-refractivity contribution in [2.24, 2.45) is 0 Å². The first-order valence-electron chi connectivity index (χ1n) is 6.83. The first kappa shape index (κ1) is 17.5. The average Bonchev–Trinajstić information content (AvgIpc) is 2.38. The van der Waals surface area contributed by atoms with Crippen molar-refractivity contribution in [3.63, 3.8) is 0 Å². The van der Waals surface area contributed by atoms with Gasteiger partial charge in [0.15, 0.2) is 0 Å². The molecule has 0 bridgehead atoms. The molecule has 21 heavy (non-hydrogen) atoms. The zero-order valence-electron chi connectivity index (χ0n) is 12.5. The van der Waals surface area contributed by atoms with E-state index in [-0.39, 0.29) is 18.5 Å². The van der Waals surface area contributed by atoms with Crippen LogP contribution in [0.3, 0.4) is 0 Å². The molecule has 5 nitrogen and oxygen atoms in total. The molecule has 1 rings (SSSR count). The highest BCUT2D eigenvalue weighted by Crippen LogP contribution is 2.14. The molecule has 1 unspecified atom stereocenters. The van der Waals surface area contributed by atoms with Crippen LogP contribution in [0.5, 0.6) is 0 Å². The van der Waals surface area contributed by atoms with Crippen molar-refractivity contribution in [1.29, 1.82) is 0 Å². The molecule has 0 heterocycles. The minimum Gasteiger partial charge on any atom is -0.481 e. The normalized spacial score (nSPS) is 11.8. The second-order valence-corrected chi connectivity index (χ2v) is 5.92. The van der Waals surface area contributed by atoms with Crippen LogP contribution < -0.4 is 0 Å². The SMILES string of the molecule is CCN(C(=O)N(C)Cc1cccc(Br)c1)C(C)CC(=O)O. The van der Waals surface area contributed by atoms with Crippen molar-refractivity contribution < 1.29 is 14.7 Å². The summed E-state index contributed by atoms with van der Waals surface area (Å²) in [5.74, 6) is -0.900. The van der Waals surface area contributed by atoms with E-state index in [1.54, 1.807) is 23.8 Å². The molecule has 0 spiro atoms. The van der Waals surface area contributed by atoms with Gasteiger partial charge in [-0.3, -0.25) is 4.79 Å². The van der Waals surface area contributed by atoms with Crippen LogP contribution in [-0.2, 0) is 11.3 Å². The molecule has 0 radical (unpaired) electrons. The molecule has 1 aromatic rings. The topological polar surface area (TPSA) is 60.9 Å². The first-order valence-corrected chi connectivity index (χ1v) is 7.62. The van der Waals surface area contributed by atoms with Gasteiger partial charge in [0.1, 0.15) is 0 Å². The van der Waals surface area contributed by atoms with Crippen molar-refractivity contribution in [3.8, 4) is 0 Å². The Morgan fingerprint density at radius 2 is 2.05 bits per heavy atom. The summed E-state index contributed by atoms with van der Waals surface area (Å²) in [5, 5.41) is 8.86. The maximum absolute atomic E-state index is 12.4. The van der Waals surface area contributed by atoms with Gasteiger partial charge in [-0.1, -0.05) is 28.1 Å². The van der Waals surface area contributed by atoms with Gasteiger partial charge in [0, 0.05) is 30.7 Å². The van der Waals surface area contributed by atoms with E-state index in [0.717, 1.165) is 10.0 Å². The van der Waals surface area contributed by atoms with Crippen molar-refractivity contribution in [2.75, 3.05) is 13.6 Å². The van der Waals surface area contributed by atoms with Crippen molar-refractivity contribution in [3.05, 3.63) is 34.3 Å². The number of urea groups is 1. The third kappa shape index (κ3) is 5.38. The molecule has 116 valence electrons. The van der Waals surface area contributed by atoms with E-state index in [9.17, 15) is 9.59 Å². The molecule has 1 aromatic carbocycles. The largest absolute Gasteiger partial charge is 0.481 e. The van der Waals surface area contributed by atoms with Crippen LogP contribution in [0.2, 0.25) is 0 Å². The van der Waals surface area contributed by atoms with E-state index in [2.05, 4.69) is 15.9 Å². The molecular formula is C15H21BrN2O3. The fraction of sp³-hybridized carbons (Fsp3) is 0.467. The van der Waals surface area contributed by atoms with Crippen LogP contribution in [0.4, 0.5) is 4.79 Å². The predicted molar refractivity (Wildman–Crippen MR) is 85.1 cm³/mol. The Hall–Kier alpha value is -1.56. The highest BCUT2D eigenvalue weighted by atomic mass is 79.9. The van der Waals surface area contributed by atoms with Gasteiger partial charge in [-0.2, -0.15) is 0 Å². The molecule has 1 atom stereocenters. The van der Waals surface area contributed by atoms with Gasteiger partial charge in [0.05, 0.1) is 6.42 Å². The Kier molecular flexibility index (Phi) is 6.68. The maximum atomic E-state index is 12.4. The molecule has 1 N–H and O–H groups in total. The van der Waals surface area contributed by atoms with E-state index in [0.29, 0.717) is 13.1 Å². The van der Waals surface area contributed by atoms with Crippen LogP contribution in [0.15, 0.2) is 28.7 Å². The second-order valence-electron chi connectivity index (χ2n) is 5.00. The molecule has 0 aromatic heterocycles. The van der Waals surface area contributed by atoms with Gasteiger partial charge in [-0.05, 0) is 31.5 Å². The summed E-state index contributed by atoms with van der Waals surface area (Å²) in [6, 6.07) is 7.27. The molecule has 0 fully saturated rings. The third-order valence-corrected chi connectivity index (χ3v) is 3.72. The van der Waals surface area contributed by atoms with Gasteiger partial charge >= 0.3 is 12.0 Å². The first-order chi connectivity index (χ1) is 9.85. The van der Waals surface area contributed by atoms with Gasteiger partial charge in [0.25, 0.3) is 0 Å². The number of carbonyl (C=O) groups excluding carboxylic acids is 1. The lowest BCUT2D eigenvalue weighted by molar-refractivity contribution is -0.138. The fourth-order valence-corrected chi connectivity index (χ4v) is 2.64. The Balaban J connectivity index is 2.73. The van der Waals surface area contributed by atoms with Crippen LogP contribution in [-0.4, -0.2) is 46.5 Å². The lowest BCUT2D eigenvalue weighted by atomic mass is 10.2. The molecule has 0 saturated carbocycles. The molecule has 2 amide bonds. The zero-order valence-corrected chi connectivity index (χ0v) is 14.1. The summed E-state index contributed by atoms with van der Waals surface area (Å²) in [4.78, 5) is 26.4. The molecule has 0 aliphatic heterocycles. The van der Waals surface area contributed by atoms with Crippen LogP contribution in [0, 0.1) is 0 Å². The molecular weight excluding hydrogens is 336 g/mol. The fourth-order valence-electron chi connectivity index (χ4n) is 2.19. The number of carboxylic acids is 1. The van der Waals surface area contributed by atoms with Crippen molar-refractivity contribution >= 4 is 27.9 Å². The smallest absolute Gasteiger partial charge is 0.320 e. The maximum Gasteiger partial charge on any atom is 0.320 e. The third-order valence-electron chi connectivity index (χ3n) is 3.22. The Bertz CT molecular complexity index is 507. The average molecular weight is 357 g/mol. The number of hydrogen-bond acceptors (Lipinski definition) is 2. The summed E-state index contributed by atoms with van der Waals surface area (Å²) in [5.41, 5.74) is 1.02. The Labute approximate surface area is 133 Å². The van der Waals surface area contributed by atoms with E-state index < -0.39 is 5.97 Å². The second kappa shape index (κ2) is 8.02. The number of aliphatic carboxylic acids is 1. The van der Waals surface area contributed by atoms with E-state index in [1.807, 2.05) is 31.2 Å². The van der Waals surface area contributed by atoms with Crippen molar-refractivity contribution in [1.82, 2.24) is 9.80 Å². The quantitative estimate of drug-likeness (QED) is 0.851. The van der Waals surface area contributed by atoms with Gasteiger partial charge in [-0.15, -0.1) is 0 Å². The molecule has 0 aliphatic carbocycles. The van der Waals surface area contributed by atoms with Crippen LogP contribution >= 0.6 is 15.9 Å². The summed E-state index contributed by atoms with van der Waals surface area (Å²) in [7, 11) is 1.72. The number of carbonyl (C=O) groups is 2. The summed E-state index contributed by atoms with van der Waals surface area (Å²) in [6.45, 7) is 4.57. The van der Waals surface area contributed by atoms with E-state index >= 15 is 0 Å². The van der Waals surface area contributed by atoms with E-state index in [4.69, 9.17) is 5.11 Å². The highest BCUT2D eigenvalue weighted by Gasteiger charge is 2.23. The lowest BCUT2D eigenvalue weighted by Gasteiger charge is -2.31. The Morgan fingerprint density at radius 3 is 2.57 bits per heavy atom. The Morgan fingerprint density at radius 1 is 1.38 bits per heavy atom. The minimum atomic E-state index is -0.900. The summed E-state index contributed by atoms with van der Waals surface area (Å²) in [6.07, 6.45) is -0.0513. The lowest BCUT2D eigenvalue weighted by Crippen LogP contribution is -2.46. The standard InChI is InChI=1S/C15H21BrN2O3/c1-4-18(11(2)8-14(19)20)15(21)17(3)10-12-6-5-7-13(16)9-12/h5-7,9,11H,4,8,10H2,1-3H3,(H,19,20). The monoisotopic (exact) mass is 356 g/mol. The number of halogens is 1. The van der Waals surface area contributed by atoms with E-state index in [1.165, 1.54) is 0 Å². The van der Waals surface area contributed by atoms with Gasteiger partial charge < -0.3 is 14.9 Å². The van der Waals surface area contributed by atoms with Gasteiger partial charge in [0.2, 0.25) is 0 Å². The highest BCUT2D eigenvalue weighted by molar-refractivity contribution is 9.10. The number of benzene rings is 1. The van der Waals surface area contributed by atoms with Crippen LogP contribution in [0.1, 0.15) is 25.8 Å². The van der Waals surface area contributed by atoms with Gasteiger partial charge in [-0.25, -0.2) is 4.79 Å². The number of nitrogens with zero attached hydrogens (tertiary/aromatic N) is 2. The number of rotatable bonds is 6. The summed E-state index contributed by atoms with van der Waals surface area (Å²) < 4.78 is 0.965. The predicted octanol–water partition coefficient (Wildman–Crippen LogP) is 3.19. The molecule has 6 heteroatoms. The molecule has 0 aliphatic rings. The summed E-state index contributed by atoms with van der Waals surface area (Å²) >= 11 is 3.40. The van der Waals surface area contributed by atoms with Crippen molar-refractivity contribution in [2.45, 2.75) is 32.9 Å². The number of carboxylic acid groups (broad SMARTS) is 1. The number of amides is 2.